The van der Waals surface area contributed by atoms with Crippen molar-refractivity contribution in [3.63, 3.8) is 0 Å². The van der Waals surface area contributed by atoms with Crippen LogP contribution in [0.15, 0.2) is 47.4 Å². The largest absolute Gasteiger partial charge is 0.493 e. The summed E-state index contributed by atoms with van der Waals surface area (Å²) >= 11 is 0. The fourth-order valence-corrected chi connectivity index (χ4v) is 5.86. The standard InChI is InChI=1S/C26H34N4O7S/c1-17(31)27-20-8-10-22(11-9-20)38(34,35)30-14-12-21(13-15-30)29-26(33)23(28-18(2)32)16-19-6-5-7-24(36-3)25(19)37-4/h5-11,21,23H,12-16H2,1-4H3,(H,27,31)(H,28,32)(H,29,33)/t23-/m0/s1. The lowest BCUT2D eigenvalue weighted by Gasteiger charge is -2.32. The molecule has 206 valence electrons. The van der Waals surface area contributed by atoms with Gasteiger partial charge < -0.3 is 25.4 Å². The van der Waals surface area contributed by atoms with Gasteiger partial charge in [0, 0.05) is 50.7 Å². The smallest absolute Gasteiger partial charge is 0.243 e. The Morgan fingerprint density at radius 3 is 2.18 bits per heavy atom. The fourth-order valence-electron chi connectivity index (χ4n) is 4.39. The number of nitrogens with zero attached hydrogens (tertiary/aromatic N) is 1. The zero-order valence-corrected chi connectivity index (χ0v) is 22.8. The van der Waals surface area contributed by atoms with E-state index in [9.17, 15) is 22.8 Å². The van der Waals surface area contributed by atoms with Gasteiger partial charge in [0.25, 0.3) is 0 Å². The number of benzene rings is 2. The molecule has 1 saturated heterocycles. The predicted molar refractivity (Wildman–Crippen MR) is 142 cm³/mol. The molecule has 0 saturated carbocycles. The van der Waals surface area contributed by atoms with Crippen LogP contribution in [0.3, 0.4) is 0 Å². The Hall–Kier alpha value is -3.64. The average molecular weight is 547 g/mol. The number of carbonyl (C=O) groups is 3. The Bertz CT molecular complexity index is 1260. The number of ether oxygens (including phenoxy) is 2. The molecule has 1 fully saturated rings. The van der Waals surface area contributed by atoms with Crippen molar-refractivity contribution in [3.05, 3.63) is 48.0 Å². The zero-order chi connectivity index (χ0) is 27.9. The Morgan fingerprint density at radius 2 is 1.63 bits per heavy atom. The van der Waals surface area contributed by atoms with Crippen molar-refractivity contribution >= 4 is 33.4 Å². The van der Waals surface area contributed by atoms with Gasteiger partial charge in [-0.3, -0.25) is 14.4 Å². The van der Waals surface area contributed by atoms with Gasteiger partial charge >= 0.3 is 0 Å². The molecular weight excluding hydrogens is 512 g/mol. The summed E-state index contributed by atoms with van der Waals surface area (Å²) < 4.78 is 38.3. The number of amides is 3. The van der Waals surface area contributed by atoms with Crippen molar-refractivity contribution < 1.29 is 32.3 Å². The number of nitrogens with one attached hydrogen (secondary N) is 3. The average Bonchev–Trinajstić information content (AvgIpc) is 2.88. The molecule has 1 aliphatic heterocycles. The zero-order valence-electron chi connectivity index (χ0n) is 21.9. The van der Waals surface area contributed by atoms with Crippen LogP contribution in [-0.4, -0.2) is 69.8 Å². The molecule has 3 rings (SSSR count). The molecule has 2 aromatic carbocycles. The Kier molecular flexibility index (Phi) is 9.70. The van der Waals surface area contributed by atoms with Gasteiger partial charge in [0.2, 0.25) is 27.7 Å². The Labute approximate surface area is 222 Å². The number of piperidine rings is 1. The Balaban J connectivity index is 1.63. The van der Waals surface area contributed by atoms with Crippen molar-refractivity contribution in [2.24, 2.45) is 0 Å². The maximum absolute atomic E-state index is 13.2. The van der Waals surface area contributed by atoms with Gasteiger partial charge in [0.15, 0.2) is 11.5 Å². The second kappa shape index (κ2) is 12.7. The highest BCUT2D eigenvalue weighted by atomic mass is 32.2. The van der Waals surface area contributed by atoms with Gasteiger partial charge in [-0.1, -0.05) is 12.1 Å². The summed E-state index contributed by atoms with van der Waals surface area (Å²) in [5.74, 6) is 0.0533. The number of methoxy groups -OCH3 is 2. The first kappa shape index (κ1) is 28.9. The molecule has 38 heavy (non-hydrogen) atoms. The summed E-state index contributed by atoms with van der Waals surface area (Å²) in [5, 5.41) is 8.27. The third-order valence-electron chi connectivity index (χ3n) is 6.22. The van der Waals surface area contributed by atoms with Gasteiger partial charge in [-0.25, -0.2) is 8.42 Å². The van der Waals surface area contributed by atoms with E-state index in [1.807, 2.05) is 0 Å². The lowest BCUT2D eigenvalue weighted by atomic mass is 10.0. The van der Waals surface area contributed by atoms with Gasteiger partial charge in [-0.15, -0.1) is 0 Å². The second-order valence-electron chi connectivity index (χ2n) is 9.00. The number of carbonyl (C=O) groups excluding carboxylic acids is 3. The molecule has 2 aromatic rings. The summed E-state index contributed by atoms with van der Waals surface area (Å²) in [4.78, 5) is 36.3. The van der Waals surface area contributed by atoms with Crippen LogP contribution in [0.5, 0.6) is 11.5 Å². The van der Waals surface area contributed by atoms with E-state index in [1.54, 1.807) is 30.3 Å². The maximum atomic E-state index is 13.2. The van der Waals surface area contributed by atoms with Crippen LogP contribution < -0.4 is 25.4 Å². The number of anilines is 1. The first-order chi connectivity index (χ1) is 18.0. The van der Waals surface area contributed by atoms with E-state index in [2.05, 4.69) is 16.0 Å². The van der Waals surface area contributed by atoms with Gasteiger partial charge in [-0.05, 0) is 43.2 Å². The molecule has 1 aliphatic rings. The van der Waals surface area contributed by atoms with Gasteiger partial charge in [0.05, 0.1) is 19.1 Å². The van der Waals surface area contributed by atoms with E-state index in [0.717, 1.165) is 0 Å². The molecule has 0 radical (unpaired) electrons. The van der Waals surface area contributed by atoms with E-state index in [-0.39, 0.29) is 48.2 Å². The number of hydrogen-bond acceptors (Lipinski definition) is 7. The summed E-state index contributed by atoms with van der Waals surface area (Å²) in [6.45, 7) is 3.18. The lowest BCUT2D eigenvalue weighted by Crippen LogP contribution is -2.53. The lowest BCUT2D eigenvalue weighted by molar-refractivity contribution is -0.128. The molecule has 0 spiro atoms. The van der Waals surface area contributed by atoms with Crippen LogP contribution >= 0.6 is 0 Å². The number of hydrogen-bond donors (Lipinski definition) is 3. The normalized spacial score (nSPS) is 15.3. The summed E-state index contributed by atoms with van der Waals surface area (Å²) in [6.07, 6.45) is 1.03. The van der Waals surface area contributed by atoms with Crippen LogP contribution in [0.2, 0.25) is 0 Å². The maximum Gasteiger partial charge on any atom is 0.243 e. The molecule has 0 unspecified atom stereocenters. The molecule has 1 atom stereocenters. The van der Waals surface area contributed by atoms with E-state index < -0.39 is 16.1 Å². The van der Waals surface area contributed by atoms with Crippen LogP contribution in [-0.2, 0) is 30.8 Å². The monoisotopic (exact) mass is 546 g/mol. The predicted octanol–water partition coefficient (Wildman–Crippen LogP) is 1.68. The first-order valence-electron chi connectivity index (χ1n) is 12.2. The minimum atomic E-state index is -3.72. The molecule has 1 heterocycles. The van der Waals surface area contributed by atoms with E-state index >= 15 is 0 Å². The topological polar surface area (TPSA) is 143 Å². The van der Waals surface area contributed by atoms with Crippen molar-refractivity contribution in [3.8, 4) is 11.5 Å². The summed E-state index contributed by atoms with van der Waals surface area (Å²) in [6, 6.07) is 10.2. The van der Waals surface area contributed by atoms with Crippen LogP contribution in [0.4, 0.5) is 5.69 Å². The number of rotatable bonds is 10. The molecule has 3 N–H and O–H groups in total. The SMILES string of the molecule is COc1cccc(C[C@H](NC(C)=O)C(=O)NC2CCN(S(=O)(=O)c3ccc(NC(C)=O)cc3)CC2)c1OC. The molecule has 12 heteroatoms. The number of sulfonamides is 1. The fraction of sp³-hybridized carbons (Fsp3) is 0.423. The molecule has 3 amide bonds. The van der Waals surface area contributed by atoms with Gasteiger partial charge in [-0.2, -0.15) is 4.31 Å². The molecule has 0 bridgehead atoms. The molecular formula is C26H34N4O7S. The first-order valence-corrected chi connectivity index (χ1v) is 13.6. The second-order valence-corrected chi connectivity index (χ2v) is 10.9. The van der Waals surface area contributed by atoms with Crippen molar-refractivity contribution in [1.29, 1.82) is 0 Å². The molecule has 0 aliphatic carbocycles. The molecule has 11 nitrogen and oxygen atoms in total. The summed E-state index contributed by atoms with van der Waals surface area (Å²) in [5.41, 5.74) is 1.21. The van der Waals surface area contributed by atoms with Crippen LogP contribution in [0.25, 0.3) is 0 Å². The highest BCUT2D eigenvalue weighted by molar-refractivity contribution is 7.89. The quantitative estimate of drug-likeness (QED) is 0.411. The highest BCUT2D eigenvalue weighted by Crippen LogP contribution is 2.31. The van der Waals surface area contributed by atoms with Crippen LogP contribution in [0, 0.1) is 0 Å². The number of para-hydroxylation sites is 1. The van der Waals surface area contributed by atoms with Gasteiger partial charge in [0.1, 0.15) is 6.04 Å². The van der Waals surface area contributed by atoms with Crippen molar-refractivity contribution in [2.75, 3.05) is 32.6 Å². The highest BCUT2D eigenvalue weighted by Gasteiger charge is 2.31. The Morgan fingerprint density at radius 1 is 0.974 bits per heavy atom. The van der Waals surface area contributed by atoms with E-state index in [1.165, 1.54) is 44.5 Å². The minimum Gasteiger partial charge on any atom is -0.493 e. The van der Waals surface area contributed by atoms with Crippen LogP contribution in [0.1, 0.15) is 32.3 Å². The van der Waals surface area contributed by atoms with Crippen molar-refractivity contribution in [1.82, 2.24) is 14.9 Å². The van der Waals surface area contributed by atoms with E-state index in [0.29, 0.717) is 35.6 Å². The molecule has 0 aromatic heterocycles. The third kappa shape index (κ3) is 7.23. The summed E-state index contributed by atoms with van der Waals surface area (Å²) in [7, 11) is -0.692. The van der Waals surface area contributed by atoms with E-state index in [4.69, 9.17) is 9.47 Å². The third-order valence-corrected chi connectivity index (χ3v) is 8.13. The minimum absolute atomic E-state index is 0.132. The van der Waals surface area contributed by atoms with Crippen molar-refractivity contribution in [2.45, 2.75) is 50.1 Å².